The minimum atomic E-state index is -0.337. The number of anilines is 1. The van der Waals surface area contributed by atoms with Crippen molar-refractivity contribution in [3.8, 4) is 11.5 Å². The van der Waals surface area contributed by atoms with E-state index >= 15 is 0 Å². The first-order valence-electron chi connectivity index (χ1n) is 12.2. The molecule has 4 rings (SSSR count). The number of halogens is 1. The Morgan fingerprint density at radius 1 is 0.946 bits per heavy atom. The lowest BCUT2D eigenvalue weighted by Crippen LogP contribution is -2.32. The number of nitrogens with zero attached hydrogens (tertiary/aromatic N) is 2. The first kappa shape index (κ1) is 26.6. The fourth-order valence-electron chi connectivity index (χ4n) is 3.91. The molecule has 1 heterocycles. The molecule has 192 valence electrons. The lowest BCUT2D eigenvalue weighted by atomic mass is 10.1. The Bertz CT molecular complexity index is 1260. The summed E-state index contributed by atoms with van der Waals surface area (Å²) < 4.78 is 11.9. The largest absolute Gasteiger partial charge is 0.492 e. The highest BCUT2D eigenvalue weighted by Gasteiger charge is 2.35. The highest BCUT2D eigenvalue weighted by molar-refractivity contribution is 8.18. The Hall–Kier alpha value is -3.42. The Labute approximate surface area is 226 Å². The number of hydrogen-bond acceptors (Lipinski definition) is 6. The molecule has 2 amide bonds. The van der Waals surface area contributed by atoms with E-state index in [0.717, 1.165) is 41.7 Å². The summed E-state index contributed by atoms with van der Waals surface area (Å²) >= 11 is 6.82. The molecular formula is C29H29ClN2O4S. The van der Waals surface area contributed by atoms with Gasteiger partial charge >= 0.3 is 0 Å². The quantitative estimate of drug-likeness (QED) is 0.249. The van der Waals surface area contributed by atoms with Crippen LogP contribution in [-0.2, 0) is 11.4 Å². The van der Waals surface area contributed by atoms with E-state index in [4.69, 9.17) is 21.1 Å². The van der Waals surface area contributed by atoms with Crippen molar-refractivity contribution in [3.63, 3.8) is 0 Å². The second kappa shape index (κ2) is 12.7. The van der Waals surface area contributed by atoms with Crippen molar-refractivity contribution in [1.82, 2.24) is 4.90 Å². The molecule has 8 heteroatoms. The van der Waals surface area contributed by atoms with Crippen LogP contribution in [0.3, 0.4) is 0 Å². The lowest BCUT2D eigenvalue weighted by molar-refractivity contribution is -0.123. The van der Waals surface area contributed by atoms with Crippen LogP contribution < -0.4 is 14.4 Å². The topological polar surface area (TPSA) is 59.1 Å². The molecule has 6 nitrogen and oxygen atoms in total. The van der Waals surface area contributed by atoms with Gasteiger partial charge in [0.25, 0.3) is 11.1 Å². The molecule has 3 aromatic carbocycles. The van der Waals surface area contributed by atoms with Crippen molar-refractivity contribution >= 4 is 46.3 Å². The van der Waals surface area contributed by atoms with Crippen LogP contribution in [0.1, 0.15) is 25.0 Å². The Morgan fingerprint density at radius 3 is 2.38 bits per heavy atom. The SMILES string of the molecule is CCN(CC)c1ccc(/C=C2\SC(=O)N(CCOc3ccc(Cl)cc3)C2=O)c(OCc2ccccc2)c1. The number of thioether (sulfide) groups is 1. The fourth-order valence-corrected chi connectivity index (χ4v) is 4.89. The fraction of sp³-hybridized carbons (Fsp3) is 0.241. The molecule has 0 spiro atoms. The number of carbonyl (C=O) groups excluding carboxylic acids is 2. The molecule has 1 saturated heterocycles. The van der Waals surface area contributed by atoms with Gasteiger partial charge in [0.15, 0.2) is 0 Å². The van der Waals surface area contributed by atoms with Gasteiger partial charge in [-0.15, -0.1) is 0 Å². The smallest absolute Gasteiger partial charge is 0.293 e. The molecule has 0 radical (unpaired) electrons. The predicted molar refractivity (Wildman–Crippen MR) is 150 cm³/mol. The molecule has 0 aromatic heterocycles. The molecule has 1 aliphatic heterocycles. The van der Waals surface area contributed by atoms with Gasteiger partial charge in [-0.2, -0.15) is 0 Å². The first-order valence-corrected chi connectivity index (χ1v) is 13.4. The van der Waals surface area contributed by atoms with Crippen molar-refractivity contribution in [2.24, 2.45) is 0 Å². The monoisotopic (exact) mass is 536 g/mol. The van der Waals surface area contributed by atoms with Crippen molar-refractivity contribution in [3.05, 3.63) is 93.9 Å². The van der Waals surface area contributed by atoms with Crippen molar-refractivity contribution in [1.29, 1.82) is 0 Å². The normalized spacial score (nSPS) is 14.4. The zero-order chi connectivity index (χ0) is 26.2. The van der Waals surface area contributed by atoms with Crippen molar-refractivity contribution < 1.29 is 19.1 Å². The minimum absolute atomic E-state index is 0.156. The number of amides is 2. The van der Waals surface area contributed by atoms with E-state index in [0.29, 0.717) is 28.0 Å². The minimum Gasteiger partial charge on any atom is -0.492 e. The third kappa shape index (κ3) is 6.87. The van der Waals surface area contributed by atoms with Crippen molar-refractivity contribution in [2.75, 3.05) is 31.1 Å². The first-order chi connectivity index (χ1) is 18.0. The van der Waals surface area contributed by atoms with E-state index in [1.807, 2.05) is 48.5 Å². The maximum absolute atomic E-state index is 13.1. The lowest BCUT2D eigenvalue weighted by Gasteiger charge is -2.22. The molecule has 0 aliphatic carbocycles. The molecule has 0 saturated carbocycles. The van der Waals surface area contributed by atoms with E-state index in [9.17, 15) is 9.59 Å². The third-order valence-electron chi connectivity index (χ3n) is 5.92. The summed E-state index contributed by atoms with van der Waals surface area (Å²) in [5.74, 6) is 0.947. The molecule has 0 atom stereocenters. The summed E-state index contributed by atoms with van der Waals surface area (Å²) in [5, 5.41) is 0.295. The van der Waals surface area contributed by atoms with Gasteiger partial charge in [-0.3, -0.25) is 14.5 Å². The van der Waals surface area contributed by atoms with Crippen LogP contribution in [0.4, 0.5) is 10.5 Å². The predicted octanol–water partition coefficient (Wildman–Crippen LogP) is 6.88. The molecule has 0 N–H and O–H groups in total. The summed E-state index contributed by atoms with van der Waals surface area (Å²) in [6.07, 6.45) is 1.73. The van der Waals surface area contributed by atoms with Gasteiger partial charge in [-0.05, 0) is 73.6 Å². The van der Waals surface area contributed by atoms with Gasteiger partial charge in [-0.1, -0.05) is 41.9 Å². The van der Waals surface area contributed by atoms with Crippen molar-refractivity contribution in [2.45, 2.75) is 20.5 Å². The highest BCUT2D eigenvalue weighted by Crippen LogP contribution is 2.35. The number of ether oxygens (including phenoxy) is 2. The summed E-state index contributed by atoms with van der Waals surface area (Å²) in [6.45, 7) is 6.69. The van der Waals surface area contributed by atoms with Gasteiger partial charge < -0.3 is 14.4 Å². The Balaban J connectivity index is 1.50. The maximum Gasteiger partial charge on any atom is 0.293 e. The molecule has 37 heavy (non-hydrogen) atoms. The molecule has 1 aliphatic rings. The number of benzene rings is 3. The third-order valence-corrected chi connectivity index (χ3v) is 7.08. The number of carbonyl (C=O) groups is 2. The van der Waals surface area contributed by atoms with E-state index < -0.39 is 0 Å². The average molecular weight is 537 g/mol. The Kier molecular flexibility index (Phi) is 9.14. The zero-order valence-corrected chi connectivity index (χ0v) is 22.4. The summed E-state index contributed by atoms with van der Waals surface area (Å²) in [5.41, 5.74) is 2.83. The van der Waals surface area contributed by atoms with Gasteiger partial charge in [-0.25, -0.2) is 0 Å². The van der Waals surface area contributed by atoms with Crippen LogP contribution in [0.15, 0.2) is 77.7 Å². The van der Waals surface area contributed by atoms with Crippen LogP contribution in [0, 0.1) is 0 Å². The number of hydrogen-bond donors (Lipinski definition) is 0. The van der Waals surface area contributed by atoms with E-state index in [2.05, 4.69) is 18.7 Å². The van der Waals surface area contributed by atoms with Gasteiger partial charge in [0.2, 0.25) is 0 Å². The molecule has 1 fully saturated rings. The maximum atomic E-state index is 13.1. The van der Waals surface area contributed by atoms with Crippen LogP contribution in [-0.4, -0.2) is 42.3 Å². The van der Waals surface area contributed by atoms with E-state index in [1.54, 1.807) is 30.3 Å². The summed E-state index contributed by atoms with van der Waals surface area (Å²) in [7, 11) is 0. The standard InChI is InChI=1S/C29H29ClN2O4S/c1-3-31(4-2)24-13-10-22(26(19-24)36-20-21-8-6-5-7-9-21)18-27-28(33)32(29(34)37-27)16-17-35-25-14-11-23(30)12-15-25/h5-15,18-19H,3-4,16-17,20H2,1-2H3/b27-18-. The molecule has 0 unspecified atom stereocenters. The molecule has 0 bridgehead atoms. The van der Waals surface area contributed by atoms with Crippen LogP contribution in [0.25, 0.3) is 6.08 Å². The van der Waals surface area contributed by atoms with Gasteiger partial charge in [0.05, 0.1) is 11.4 Å². The second-order valence-corrected chi connectivity index (χ2v) is 9.73. The van der Waals surface area contributed by atoms with E-state index in [-0.39, 0.29) is 24.3 Å². The summed E-state index contributed by atoms with van der Waals surface area (Å²) in [4.78, 5) is 29.5. The second-order valence-electron chi connectivity index (χ2n) is 8.30. The average Bonchev–Trinajstić information content (AvgIpc) is 3.18. The Morgan fingerprint density at radius 2 is 1.68 bits per heavy atom. The zero-order valence-electron chi connectivity index (χ0n) is 20.9. The summed E-state index contributed by atoms with van der Waals surface area (Å²) in [6, 6.07) is 22.8. The van der Waals surface area contributed by atoms with E-state index in [1.165, 1.54) is 4.90 Å². The van der Waals surface area contributed by atoms with Crippen LogP contribution >= 0.6 is 23.4 Å². The van der Waals surface area contributed by atoms with Crippen LogP contribution in [0.2, 0.25) is 5.02 Å². The molecular weight excluding hydrogens is 508 g/mol. The number of rotatable bonds is 11. The number of imide groups is 1. The van der Waals surface area contributed by atoms with Gasteiger partial charge in [0, 0.05) is 35.4 Å². The molecule has 3 aromatic rings. The van der Waals surface area contributed by atoms with Crippen LogP contribution in [0.5, 0.6) is 11.5 Å². The van der Waals surface area contributed by atoms with Gasteiger partial charge in [0.1, 0.15) is 24.7 Å². The highest BCUT2D eigenvalue weighted by atomic mass is 35.5.